The van der Waals surface area contributed by atoms with Crippen molar-refractivity contribution in [3.63, 3.8) is 0 Å². The molecule has 2 aromatic carbocycles. The van der Waals surface area contributed by atoms with Crippen molar-refractivity contribution in [2.45, 2.75) is 20.5 Å². The Morgan fingerprint density at radius 2 is 1.71 bits per heavy atom. The van der Waals surface area contributed by atoms with E-state index in [0.717, 1.165) is 0 Å². The van der Waals surface area contributed by atoms with Crippen molar-refractivity contribution in [1.29, 1.82) is 0 Å². The molecule has 4 N–H and O–H groups in total. The molecule has 0 aliphatic heterocycles. The predicted molar refractivity (Wildman–Crippen MR) is 106 cm³/mol. The van der Waals surface area contributed by atoms with Gasteiger partial charge in [-0.2, -0.15) is 8.78 Å². The van der Waals surface area contributed by atoms with Crippen LogP contribution in [0.4, 0.5) is 14.5 Å². The maximum Gasteiger partial charge on any atom is 0.387 e. The molecule has 0 fully saturated rings. The highest BCUT2D eigenvalue weighted by molar-refractivity contribution is 6.09. The number of para-hydroxylation sites is 1. The summed E-state index contributed by atoms with van der Waals surface area (Å²) in [5.74, 6) is -0.781. The van der Waals surface area contributed by atoms with E-state index in [4.69, 9.17) is 5.73 Å². The van der Waals surface area contributed by atoms with Crippen LogP contribution in [0.3, 0.4) is 0 Å². The quantitative estimate of drug-likeness (QED) is 0.649. The summed E-state index contributed by atoms with van der Waals surface area (Å²) in [4.78, 5) is 24.8. The third kappa shape index (κ3) is 5.90. The van der Waals surface area contributed by atoms with Gasteiger partial charge < -0.3 is 21.1 Å². The number of amides is 2. The molecular formula is C19H22ClF2N3O3. The number of hydrogen-bond donors (Lipinski definition) is 3. The number of ether oxygens (including phenoxy) is 1. The molecule has 0 saturated carbocycles. The zero-order valence-corrected chi connectivity index (χ0v) is 16.2. The minimum absolute atomic E-state index is 0. The Balaban J connectivity index is 0.00000392. The van der Waals surface area contributed by atoms with Crippen LogP contribution in [-0.2, 0) is 0 Å². The van der Waals surface area contributed by atoms with E-state index >= 15 is 0 Å². The Kier molecular flexibility index (Phi) is 8.81. The molecule has 2 aromatic rings. The number of benzene rings is 2. The number of alkyl halides is 2. The van der Waals surface area contributed by atoms with Crippen LogP contribution in [0.5, 0.6) is 5.75 Å². The van der Waals surface area contributed by atoms with Gasteiger partial charge in [0.05, 0.1) is 11.3 Å². The molecule has 0 unspecified atom stereocenters. The van der Waals surface area contributed by atoms with Gasteiger partial charge in [-0.3, -0.25) is 9.59 Å². The van der Waals surface area contributed by atoms with Crippen LogP contribution < -0.4 is 21.1 Å². The molecule has 0 heterocycles. The van der Waals surface area contributed by atoms with Gasteiger partial charge in [0.2, 0.25) is 0 Å². The van der Waals surface area contributed by atoms with Gasteiger partial charge in [-0.05, 0) is 49.2 Å². The molecule has 6 nitrogen and oxygen atoms in total. The first kappa shape index (κ1) is 23.3. The van der Waals surface area contributed by atoms with Gasteiger partial charge in [0.25, 0.3) is 11.8 Å². The number of aryl methyl sites for hydroxylation is 2. The SMILES string of the molecule is Cc1cc(C(=O)Nc2ccccc2C(=O)NCCN)cc(C)c1OC(F)F.Cl. The molecule has 0 aliphatic rings. The van der Waals surface area contributed by atoms with Gasteiger partial charge in [-0.1, -0.05) is 12.1 Å². The van der Waals surface area contributed by atoms with E-state index in [1.807, 2.05) is 0 Å². The summed E-state index contributed by atoms with van der Waals surface area (Å²) in [6.45, 7) is 0.823. The highest BCUT2D eigenvalue weighted by Gasteiger charge is 2.17. The predicted octanol–water partition coefficient (Wildman–Crippen LogP) is 3.27. The van der Waals surface area contributed by atoms with Gasteiger partial charge in [0, 0.05) is 18.7 Å². The van der Waals surface area contributed by atoms with Crippen molar-refractivity contribution in [2.24, 2.45) is 5.73 Å². The molecular weight excluding hydrogens is 392 g/mol. The summed E-state index contributed by atoms with van der Waals surface area (Å²) in [5.41, 5.74) is 7.10. The topological polar surface area (TPSA) is 93.5 Å². The summed E-state index contributed by atoms with van der Waals surface area (Å²) in [7, 11) is 0. The Morgan fingerprint density at radius 3 is 2.29 bits per heavy atom. The lowest BCUT2D eigenvalue weighted by Gasteiger charge is -2.14. The standard InChI is InChI=1S/C19H21F2N3O3.ClH/c1-11-9-13(10-12(2)16(11)27-19(20)21)17(25)24-15-6-4-3-5-14(15)18(26)23-8-7-22;/h3-6,9-10,19H,7-8,22H2,1-2H3,(H,23,26)(H,24,25);1H. The molecule has 28 heavy (non-hydrogen) atoms. The maximum absolute atomic E-state index is 12.6. The lowest BCUT2D eigenvalue weighted by atomic mass is 10.0. The van der Waals surface area contributed by atoms with Gasteiger partial charge in [0.1, 0.15) is 5.75 Å². The van der Waals surface area contributed by atoms with Crippen molar-refractivity contribution in [3.8, 4) is 5.75 Å². The Hall–Kier alpha value is -2.71. The van der Waals surface area contributed by atoms with E-state index in [9.17, 15) is 18.4 Å². The smallest absolute Gasteiger partial charge is 0.387 e. The number of hydrogen-bond acceptors (Lipinski definition) is 4. The van der Waals surface area contributed by atoms with Crippen molar-refractivity contribution in [1.82, 2.24) is 5.32 Å². The van der Waals surface area contributed by atoms with Crippen LogP contribution in [-0.4, -0.2) is 31.5 Å². The van der Waals surface area contributed by atoms with E-state index in [-0.39, 0.29) is 29.6 Å². The second-order valence-corrected chi connectivity index (χ2v) is 5.86. The van der Waals surface area contributed by atoms with Crippen molar-refractivity contribution in [3.05, 3.63) is 58.7 Å². The second-order valence-electron chi connectivity index (χ2n) is 5.86. The fourth-order valence-electron chi connectivity index (χ4n) is 2.62. The third-order valence-corrected chi connectivity index (χ3v) is 3.78. The number of nitrogens with two attached hydrogens (primary N) is 1. The molecule has 0 saturated heterocycles. The Labute approximate surface area is 167 Å². The second kappa shape index (κ2) is 10.6. The molecule has 0 atom stereocenters. The summed E-state index contributed by atoms with van der Waals surface area (Å²) in [6, 6.07) is 9.46. The third-order valence-electron chi connectivity index (χ3n) is 3.78. The van der Waals surface area contributed by atoms with E-state index in [1.54, 1.807) is 38.1 Å². The minimum atomic E-state index is -2.94. The molecule has 0 bridgehead atoms. The van der Waals surface area contributed by atoms with Crippen LogP contribution in [0.1, 0.15) is 31.8 Å². The minimum Gasteiger partial charge on any atom is -0.434 e. The van der Waals surface area contributed by atoms with Gasteiger partial charge >= 0.3 is 6.61 Å². The number of carbonyl (C=O) groups is 2. The average molecular weight is 414 g/mol. The van der Waals surface area contributed by atoms with E-state index in [2.05, 4.69) is 15.4 Å². The van der Waals surface area contributed by atoms with Gasteiger partial charge in [-0.15, -0.1) is 12.4 Å². The number of anilines is 1. The number of nitrogens with one attached hydrogen (secondary N) is 2. The van der Waals surface area contributed by atoms with Crippen LogP contribution in [0, 0.1) is 13.8 Å². The lowest BCUT2D eigenvalue weighted by molar-refractivity contribution is -0.0507. The number of carbonyl (C=O) groups excluding carboxylic acids is 2. The van der Waals surface area contributed by atoms with Crippen LogP contribution in [0.2, 0.25) is 0 Å². The fourth-order valence-corrected chi connectivity index (χ4v) is 2.62. The molecule has 2 rings (SSSR count). The van der Waals surface area contributed by atoms with Gasteiger partial charge in [0.15, 0.2) is 0 Å². The highest BCUT2D eigenvalue weighted by Crippen LogP contribution is 2.27. The molecule has 0 aliphatic carbocycles. The summed E-state index contributed by atoms with van der Waals surface area (Å²) in [5, 5.41) is 5.32. The van der Waals surface area contributed by atoms with Crippen LogP contribution in [0.25, 0.3) is 0 Å². The summed E-state index contributed by atoms with van der Waals surface area (Å²) in [6.07, 6.45) is 0. The van der Waals surface area contributed by atoms with E-state index in [0.29, 0.717) is 35.5 Å². The summed E-state index contributed by atoms with van der Waals surface area (Å²) >= 11 is 0. The molecule has 0 spiro atoms. The number of rotatable bonds is 7. The molecule has 0 aromatic heterocycles. The van der Waals surface area contributed by atoms with Crippen molar-refractivity contribution < 1.29 is 23.1 Å². The maximum atomic E-state index is 12.6. The Bertz CT molecular complexity index is 824. The van der Waals surface area contributed by atoms with Crippen molar-refractivity contribution in [2.75, 3.05) is 18.4 Å². The first-order valence-electron chi connectivity index (χ1n) is 8.28. The van der Waals surface area contributed by atoms with Crippen molar-refractivity contribution >= 4 is 29.9 Å². The normalized spacial score (nSPS) is 10.2. The van der Waals surface area contributed by atoms with E-state index in [1.165, 1.54) is 12.1 Å². The summed E-state index contributed by atoms with van der Waals surface area (Å²) < 4.78 is 29.5. The molecule has 9 heteroatoms. The first-order chi connectivity index (χ1) is 12.8. The van der Waals surface area contributed by atoms with E-state index < -0.39 is 12.5 Å². The number of halogens is 3. The Morgan fingerprint density at radius 1 is 1.11 bits per heavy atom. The molecule has 0 radical (unpaired) electrons. The zero-order valence-electron chi connectivity index (χ0n) is 15.4. The van der Waals surface area contributed by atoms with Crippen LogP contribution in [0.15, 0.2) is 36.4 Å². The molecule has 2 amide bonds. The average Bonchev–Trinajstić information content (AvgIpc) is 2.62. The monoisotopic (exact) mass is 413 g/mol. The first-order valence-corrected chi connectivity index (χ1v) is 8.28. The fraction of sp³-hybridized carbons (Fsp3) is 0.263. The zero-order chi connectivity index (χ0) is 20.0. The highest BCUT2D eigenvalue weighted by atomic mass is 35.5. The largest absolute Gasteiger partial charge is 0.434 e. The molecule has 152 valence electrons. The lowest BCUT2D eigenvalue weighted by Crippen LogP contribution is -2.30. The van der Waals surface area contributed by atoms with Gasteiger partial charge in [-0.25, -0.2) is 0 Å². The van der Waals surface area contributed by atoms with Crippen LogP contribution >= 0.6 is 12.4 Å².